The van der Waals surface area contributed by atoms with E-state index in [1.165, 1.54) is 24.0 Å². The van der Waals surface area contributed by atoms with Gasteiger partial charge in [0.05, 0.1) is 6.20 Å². The molecule has 0 aliphatic carbocycles. The number of nitrogens with one attached hydrogen (secondary N) is 1. The summed E-state index contributed by atoms with van der Waals surface area (Å²) in [6, 6.07) is 2.70. The Bertz CT molecular complexity index is 498. The maximum atomic E-state index is 4.20. The normalized spacial score (nSPS) is 12.8. The summed E-state index contributed by atoms with van der Waals surface area (Å²) >= 11 is 0. The minimum Gasteiger partial charge on any atom is -0.354 e. The van der Waals surface area contributed by atoms with Gasteiger partial charge in [0, 0.05) is 38.2 Å². The maximum Gasteiger partial charge on any atom is 0.0522 e. The van der Waals surface area contributed by atoms with Crippen LogP contribution in [-0.2, 0) is 20.0 Å². The van der Waals surface area contributed by atoms with E-state index in [0.717, 1.165) is 13.0 Å². The lowest BCUT2D eigenvalue weighted by atomic mass is 10.1. The Morgan fingerprint density at radius 2 is 2.21 bits per heavy atom. The quantitative estimate of drug-likeness (QED) is 0.830. The van der Waals surface area contributed by atoms with Crippen LogP contribution >= 0.6 is 0 Å². The summed E-state index contributed by atoms with van der Waals surface area (Å²) in [6.45, 7) is 3.23. The van der Waals surface area contributed by atoms with Crippen LogP contribution in [0.2, 0.25) is 0 Å². The Morgan fingerprint density at radius 1 is 1.37 bits per heavy atom. The number of aromatic nitrogens is 3. The topological polar surface area (TPSA) is 34.8 Å². The minimum atomic E-state index is 0.477. The summed E-state index contributed by atoms with van der Waals surface area (Å²) < 4.78 is 4.12. The third-order valence-electron chi connectivity index (χ3n) is 3.52. The van der Waals surface area contributed by atoms with E-state index >= 15 is 0 Å². The zero-order valence-corrected chi connectivity index (χ0v) is 12.1. The molecule has 0 aliphatic heterocycles. The lowest BCUT2D eigenvalue weighted by molar-refractivity contribution is 0.540. The van der Waals surface area contributed by atoms with Crippen LogP contribution < -0.4 is 5.32 Å². The average Bonchev–Trinajstić information content (AvgIpc) is 3.02. The molecule has 19 heavy (non-hydrogen) atoms. The fourth-order valence-electron chi connectivity index (χ4n) is 2.43. The number of nitrogens with zero attached hydrogens (tertiary/aromatic N) is 3. The van der Waals surface area contributed by atoms with Crippen LogP contribution in [0.25, 0.3) is 0 Å². The fourth-order valence-corrected chi connectivity index (χ4v) is 2.43. The van der Waals surface area contributed by atoms with E-state index in [1.54, 1.807) is 0 Å². The van der Waals surface area contributed by atoms with Gasteiger partial charge in [-0.25, -0.2) is 0 Å². The van der Waals surface area contributed by atoms with Crippen LogP contribution in [-0.4, -0.2) is 21.4 Å². The van der Waals surface area contributed by atoms with E-state index in [9.17, 15) is 0 Å². The van der Waals surface area contributed by atoms with Crippen LogP contribution in [0.5, 0.6) is 0 Å². The van der Waals surface area contributed by atoms with Crippen LogP contribution in [0.1, 0.15) is 36.9 Å². The molecule has 0 spiro atoms. The molecule has 2 heterocycles. The monoisotopic (exact) mass is 260 g/mol. The second-order valence-corrected chi connectivity index (χ2v) is 5.08. The third-order valence-corrected chi connectivity index (χ3v) is 3.52. The van der Waals surface area contributed by atoms with Gasteiger partial charge in [0.25, 0.3) is 0 Å². The van der Waals surface area contributed by atoms with Gasteiger partial charge in [-0.1, -0.05) is 13.3 Å². The molecular weight excluding hydrogens is 236 g/mol. The van der Waals surface area contributed by atoms with Crippen molar-refractivity contribution >= 4 is 0 Å². The zero-order chi connectivity index (χ0) is 13.7. The van der Waals surface area contributed by atoms with Crippen molar-refractivity contribution in [2.24, 2.45) is 7.05 Å². The molecule has 2 rings (SSSR count). The summed E-state index contributed by atoms with van der Waals surface area (Å²) in [7, 11) is 3.99. The minimum absolute atomic E-state index is 0.477. The molecule has 0 aromatic carbocycles. The van der Waals surface area contributed by atoms with Gasteiger partial charge in [-0.2, -0.15) is 5.10 Å². The number of rotatable bonds is 7. The van der Waals surface area contributed by atoms with Crippen LogP contribution in [0.4, 0.5) is 0 Å². The average molecular weight is 260 g/mol. The summed E-state index contributed by atoms with van der Waals surface area (Å²) in [6.07, 6.45) is 11.9. The molecule has 0 saturated heterocycles. The molecule has 2 aromatic rings. The first-order valence-electron chi connectivity index (χ1n) is 7.03. The summed E-state index contributed by atoms with van der Waals surface area (Å²) in [5, 5.41) is 7.58. The third kappa shape index (κ3) is 3.70. The molecule has 0 aliphatic rings. The van der Waals surface area contributed by atoms with Gasteiger partial charge in [-0.05, 0) is 37.1 Å². The Morgan fingerprint density at radius 3 is 2.84 bits per heavy atom. The molecule has 0 fully saturated rings. The smallest absolute Gasteiger partial charge is 0.0522 e. The van der Waals surface area contributed by atoms with E-state index < -0.39 is 0 Å². The largest absolute Gasteiger partial charge is 0.354 e. The lowest BCUT2D eigenvalue weighted by Gasteiger charge is -2.13. The van der Waals surface area contributed by atoms with E-state index in [-0.39, 0.29) is 0 Å². The maximum absolute atomic E-state index is 4.20. The van der Waals surface area contributed by atoms with Gasteiger partial charge in [0.1, 0.15) is 0 Å². The number of aryl methyl sites for hydroxylation is 3. The molecule has 4 nitrogen and oxygen atoms in total. The van der Waals surface area contributed by atoms with E-state index in [4.69, 9.17) is 0 Å². The predicted molar refractivity (Wildman–Crippen MR) is 78.1 cm³/mol. The van der Waals surface area contributed by atoms with Crippen molar-refractivity contribution in [2.75, 3.05) is 7.05 Å². The van der Waals surface area contributed by atoms with Crippen molar-refractivity contribution in [1.82, 2.24) is 19.7 Å². The van der Waals surface area contributed by atoms with Crippen LogP contribution in [0, 0.1) is 0 Å². The Hall–Kier alpha value is -1.55. The summed E-state index contributed by atoms with van der Waals surface area (Å²) in [4.78, 5) is 0. The summed E-state index contributed by atoms with van der Waals surface area (Å²) in [5.74, 6) is 0. The SMILES string of the molecule is CCCC(NC)c1ccn(CCc2cnn(C)c2)c1. The second-order valence-electron chi connectivity index (χ2n) is 5.08. The highest BCUT2D eigenvalue weighted by Gasteiger charge is 2.09. The fraction of sp³-hybridized carbons (Fsp3) is 0.533. The number of hydrogen-bond acceptors (Lipinski definition) is 2. The van der Waals surface area contributed by atoms with Gasteiger partial charge in [-0.15, -0.1) is 0 Å². The van der Waals surface area contributed by atoms with Crippen LogP contribution in [0.3, 0.4) is 0 Å². The molecule has 0 amide bonds. The van der Waals surface area contributed by atoms with Crippen molar-refractivity contribution in [3.05, 3.63) is 42.0 Å². The highest BCUT2D eigenvalue weighted by atomic mass is 15.2. The van der Waals surface area contributed by atoms with E-state index in [1.807, 2.05) is 25.0 Å². The Labute approximate surface area is 115 Å². The van der Waals surface area contributed by atoms with Gasteiger partial charge < -0.3 is 9.88 Å². The molecule has 0 bridgehead atoms. The summed E-state index contributed by atoms with van der Waals surface area (Å²) in [5.41, 5.74) is 2.67. The van der Waals surface area contributed by atoms with Crippen LogP contribution in [0.15, 0.2) is 30.9 Å². The Kier molecular flexibility index (Phi) is 4.80. The first-order chi connectivity index (χ1) is 9.22. The molecule has 1 N–H and O–H groups in total. The first-order valence-corrected chi connectivity index (χ1v) is 7.03. The molecule has 1 unspecified atom stereocenters. The number of hydrogen-bond donors (Lipinski definition) is 1. The van der Waals surface area contributed by atoms with E-state index in [0.29, 0.717) is 6.04 Å². The molecule has 104 valence electrons. The molecule has 0 saturated carbocycles. The highest BCUT2D eigenvalue weighted by molar-refractivity contribution is 5.15. The second kappa shape index (κ2) is 6.57. The molecule has 1 atom stereocenters. The molecule has 4 heteroatoms. The first kappa shape index (κ1) is 13.9. The van der Waals surface area contributed by atoms with Crippen molar-refractivity contribution in [3.8, 4) is 0 Å². The van der Waals surface area contributed by atoms with Gasteiger partial charge in [0.2, 0.25) is 0 Å². The zero-order valence-electron chi connectivity index (χ0n) is 12.1. The van der Waals surface area contributed by atoms with E-state index in [2.05, 4.69) is 46.6 Å². The molecular formula is C15H24N4. The predicted octanol–water partition coefficient (Wildman–Crippen LogP) is 2.52. The van der Waals surface area contributed by atoms with Crippen molar-refractivity contribution in [1.29, 1.82) is 0 Å². The Balaban J connectivity index is 1.93. The van der Waals surface area contributed by atoms with Gasteiger partial charge >= 0.3 is 0 Å². The highest BCUT2D eigenvalue weighted by Crippen LogP contribution is 2.18. The standard InChI is InChI=1S/C15H24N4/c1-4-5-15(16-2)14-7-9-19(12-14)8-6-13-10-17-18(3)11-13/h7,9-12,15-16H,4-6,8H2,1-3H3. The molecule has 2 aromatic heterocycles. The van der Waals surface area contributed by atoms with Crippen molar-refractivity contribution in [2.45, 2.75) is 38.8 Å². The lowest BCUT2D eigenvalue weighted by Crippen LogP contribution is -2.15. The van der Waals surface area contributed by atoms with Gasteiger partial charge in [-0.3, -0.25) is 4.68 Å². The molecule has 0 radical (unpaired) electrons. The van der Waals surface area contributed by atoms with Crippen molar-refractivity contribution in [3.63, 3.8) is 0 Å². The van der Waals surface area contributed by atoms with Crippen molar-refractivity contribution < 1.29 is 0 Å². The van der Waals surface area contributed by atoms with Gasteiger partial charge in [0.15, 0.2) is 0 Å².